The quantitative estimate of drug-likeness (QED) is 0.427. The molecular formula is C35H39NO2. The number of hydrogen-bond acceptors (Lipinski definition) is 3. The number of Topliss-reactive ketones (excluding diaryl/α,β-unsaturated/α-hetero) is 1. The van der Waals surface area contributed by atoms with Crippen LogP contribution in [-0.4, -0.2) is 16.6 Å². The van der Waals surface area contributed by atoms with Crippen LogP contribution in [0.15, 0.2) is 71.6 Å². The van der Waals surface area contributed by atoms with Crippen molar-refractivity contribution < 1.29 is 9.59 Å². The van der Waals surface area contributed by atoms with Crippen molar-refractivity contribution in [1.82, 2.24) is 4.98 Å². The molecule has 3 nitrogen and oxygen atoms in total. The van der Waals surface area contributed by atoms with Crippen molar-refractivity contribution in [3.63, 3.8) is 0 Å². The number of carbonyl (C=O) groups is 2. The van der Waals surface area contributed by atoms with Crippen LogP contribution in [0.2, 0.25) is 0 Å². The molecule has 0 amide bonds. The van der Waals surface area contributed by atoms with Gasteiger partial charge in [0.15, 0.2) is 5.78 Å². The maximum absolute atomic E-state index is 13.7. The molecule has 5 aliphatic rings. The number of benzene rings is 1. The van der Waals surface area contributed by atoms with Gasteiger partial charge in [-0.05, 0) is 108 Å². The zero-order valence-electron chi connectivity index (χ0n) is 23.0. The molecule has 0 spiro atoms. The van der Waals surface area contributed by atoms with Gasteiger partial charge in [-0.1, -0.05) is 56.7 Å². The first-order valence-corrected chi connectivity index (χ1v) is 14.9. The van der Waals surface area contributed by atoms with E-state index in [0.29, 0.717) is 47.7 Å². The Kier molecular flexibility index (Phi) is 5.65. The molecule has 3 fully saturated rings. The summed E-state index contributed by atoms with van der Waals surface area (Å²) in [4.78, 5) is 30.5. The maximum atomic E-state index is 13.7. The SMILES string of the molecule is C[C@@H]1C[C@@H]2C(=C3CCC(=O)C=C31)[C@@H](c1ccc(-c3cccnc3)cc1)C[C@@]1(C)[C@H]2C[C@@H](C)[C@@H]1C(=O)C1CC1. The van der Waals surface area contributed by atoms with E-state index in [0.717, 1.165) is 37.7 Å². The molecule has 2 aromatic rings. The predicted octanol–water partition coefficient (Wildman–Crippen LogP) is 7.74. The highest BCUT2D eigenvalue weighted by molar-refractivity contribution is 5.93. The molecule has 1 heterocycles. The molecule has 38 heavy (non-hydrogen) atoms. The summed E-state index contributed by atoms with van der Waals surface area (Å²) in [5.41, 5.74) is 8.14. The van der Waals surface area contributed by atoms with Crippen molar-refractivity contribution in [3.05, 3.63) is 77.2 Å². The van der Waals surface area contributed by atoms with Gasteiger partial charge in [0.05, 0.1) is 0 Å². The van der Waals surface area contributed by atoms with Crippen LogP contribution in [0.4, 0.5) is 0 Å². The van der Waals surface area contributed by atoms with Gasteiger partial charge in [0.25, 0.3) is 0 Å². The minimum Gasteiger partial charge on any atom is -0.299 e. The number of carbonyl (C=O) groups excluding carboxylic acids is 2. The Bertz CT molecular complexity index is 1350. The lowest BCUT2D eigenvalue weighted by molar-refractivity contribution is -0.130. The Balaban J connectivity index is 1.36. The summed E-state index contributed by atoms with van der Waals surface area (Å²) in [7, 11) is 0. The number of ketones is 2. The second-order valence-corrected chi connectivity index (χ2v) is 13.3. The Morgan fingerprint density at radius 3 is 2.50 bits per heavy atom. The third-order valence-electron chi connectivity index (χ3n) is 11.0. The fraction of sp³-hybridized carbons (Fsp3) is 0.514. The van der Waals surface area contributed by atoms with Gasteiger partial charge in [0, 0.05) is 36.6 Å². The zero-order valence-corrected chi connectivity index (χ0v) is 23.0. The minimum atomic E-state index is 0.0337. The van der Waals surface area contributed by atoms with Crippen LogP contribution in [0.25, 0.3) is 11.1 Å². The number of aromatic nitrogens is 1. The second kappa shape index (κ2) is 8.86. The van der Waals surface area contributed by atoms with E-state index in [9.17, 15) is 9.59 Å². The van der Waals surface area contributed by atoms with Crippen molar-refractivity contribution >= 4 is 11.6 Å². The third kappa shape index (κ3) is 3.72. The Labute approximate surface area is 226 Å². The first-order chi connectivity index (χ1) is 18.3. The van der Waals surface area contributed by atoms with Gasteiger partial charge in [-0.3, -0.25) is 14.6 Å². The van der Waals surface area contributed by atoms with Crippen molar-refractivity contribution in [2.75, 3.05) is 0 Å². The average molecular weight is 506 g/mol. The Hall–Kier alpha value is -2.81. The summed E-state index contributed by atoms with van der Waals surface area (Å²) in [5.74, 6) is 3.59. The van der Waals surface area contributed by atoms with Crippen LogP contribution in [-0.2, 0) is 9.59 Å². The van der Waals surface area contributed by atoms with Gasteiger partial charge in [-0.2, -0.15) is 0 Å². The third-order valence-corrected chi connectivity index (χ3v) is 11.0. The van der Waals surface area contributed by atoms with E-state index in [4.69, 9.17) is 0 Å². The van der Waals surface area contributed by atoms with Gasteiger partial charge in [-0.15, -0.1) is 0 Å². The van der Waals surface area contributed by atoms with Gasteiger partial charge in [0.2, 0.25) is 0 Å². The van der Waals surface area contributed by atoms with E-state index < -0.39 is 0 Å². The van der Waals surface area contributed by atoms with Crippen molar-refractivity contribution in [1.29, 1.82) is 0 Å². The van der Waals surface area contributed by atoms with Crippen LogP contribution >= 0.6 is 0 Å². The Morgan fingerprint density at radius 1 is 1.00 bits per heavy atom. The predicted molar refractivity (Wildman–Crippen MR) is 150 cm³/mol. The van der Waals surface area contributed by atoms with E-state index in [2.05, 4.69) is 56.1 Å². The standard InChI is InChI=1S/C35H39NO2/c1-20-15-29-31-16-21(2)33(34(38)24-10-11-24)35(31,3)18-30(32(29)27-13-12-26(37)17-28(20)27)23-8-6-22(7-9-23)25-5-4-14-36-19-25/h4-9,14,17,19-21,24,29-31,33H,10-13,15-16,18H2,1-3H3/t20-,21-,29+,30-,31+,33-,35+/m1/s1. The molecule has 1 aromatic heterocycles. The van der Waals surface area contributed by atoms with E-state index in [1.54, 1.807) is 5.57 Å². The normalized spacial score (nSPS) is 36.3. The average Bonchev–Trinajstić information content (AvgIpc) is 3.73. The molecule has 5 aliphatic carbocycles. The molecule has 3 saturated carbocycles. The smallest absolute Gasteiger partial charge is 0.156 e. The highest BCUT2D eigenvalue weighted by Crippen LogP contribution is 2.68. The minimum absolute atomic E-state index is 0.0337. The van der Waals surface area contributed by atoms with Gasteiger partial charge in [0.1, 0.15) is 5.78 Å². The number of hydrogen-bond donors (Lipinski definition) is 0. The topological polar surface area (TPSA) is 47.0 Å². The number of pyridine rings is 1. The highest BCUT2D eigenvalue weighted by atomic mass is 16.1. The van der Waals surface area contributed by atoms with Gasteiger partial charge in [-0.25, -0.2) is 0 Å². The molecule has 0 N–H and O–H groups in total. The van der Waals surface area contributed by atoms with Crippen LogP contribution in [0.3, 0.4) is 0 Å². The summed E-state index contributed by atoms with van der Waals surface area (Å²) in [6.45, 7) is 7.16. The summed E-state index contributed by atoms with van der Waals surface area (Å²) in [5, 5.41) is 0. The van der Waals surface area contributed by atoms with Crippen LogP contribution in [0, 0.1) is 40.9 Å². The van der Waals surface area contributed by atoms with E-state index >= 15 is 0 Å². The summed E-state index contributed by atoms with van der Waals surface area (Å²) in [6, 6.07) is 13.2. The molecule has 7 atom stereocenters. The number of rotatable bonds is 4. The van der Waals surface area contributed by atoms with Crippen LogP contribution in [0.5, 0.6) is 0 Å². The number of allylic oxidation sites excluding steroid dienone is 4. The van der Waals surface area contributed by atoms with E-state index in [1.807, 2.05) is 24.5 Å². The lowest BCUT2D eigenvalue weighted by atomic mass is 9.50. The zero-order chi connectivity index (χ0) is 26.2. The summed E-state index contributed by atoms with van der Waals surface area (Å²) < 4.78 is 0. The van der Waals surface area contributed by atoms with Crippen LogP contribution < -0.4 is 0 Å². The van der Waals surface area contributed by atoms with Crippen molar-refractivity contribution in [2.24, 2.45) is 40.9 Å². The first kappa shape index (κ1) is 24.2. The maximum Gasteiger partial charge on any atom is 0.156 e. The number of fused-ring (bicyclic) bond motifs is 4. The lowest BCUT2D eigenvalue weighted by Gasteiger charge is -2.53. The molecule has 0 bridgehead atoms. The first-order valence-electron chi connectivity index (χ1n) is 14.9. The van der Waals surface area contributed by atoms with Gasteiger partial charge < -0.3 is 0 Å². The molecule has 3 heteroatoms. The fourth-order valence-electron chi connectivity index (χ4n) is 9.29. The van der Waals surface area contributed by atoms with Crippen molar-refractivity contribution in [3.8, 4) is 11.1 Å². The Morgan fingerprint density at radius 2 is 1.79 bits per heavy atom. The molecule has 7 rings (SSSR count). The molecule has 0 unspecified atom stereocenters. The monoisotopic (exact) mass is 505 g/mol. The van der Waals surface area contributed by atoms with E-state index in [1.165, 1.54) is 28.7 Å². The number of nitrogens with zero attached hydrogens (tertiary/aromatic N) is 1. The largest absolute Gasteiger partial charge is 0.299 e. The van der Waals surface area contributed by atoms with E-state index in [-0.39, 0.29) is 17.1 Å². The fourth-order valence-corrected chi connectivity index (χ4v) is 9.29. The van der Waals surface area contributed by atoms with Crippen molar-refractivity contribution in [2.45, 2.75) is 71.6 Å². The second-order valence-electron chi connectivity index (χ2n) is 13.3. The molecule has 1 aromatic carbocycles. The highest BCUT2D eigenvalue weighted by Gasteiger charge is 2.62. The molecule has 0 aliphatic heterocycles. The van der Waals surface area contributed by atoms with Crippen LogP contribution in [0.1, 0.15) is 77.2 Å². The van der Waals surface area contributed by atoms with Gasteiger partial charge >= 0.3 is 0 Å². The molecule has 196 valence electrons. The lowest BCUT2D eigenvalue weighted by Crippen LogP contribution is -2.46. The molecule has 0 saturated heterocycles. The molecular weight excluding hydrogens is 466 g/mol. The summed E-state index contributed by atoms with van der Waals surface area (Å²) >= 11 is 0. The molecule has 0 radical (unpaired) electrons. The summed E-state index contributed by atoms with van der Waals surface area (Å²) in [6.07, 6.45) is 12.7.